The van der Waals surface area contributed by atoms with E-state index in [0.717, 1.165) is 16.6 Å². The SMILES string of the molecule is O=C(O)NC[C@@H]1Cc2ccccc2CN1C(=O)c1ccccc1-n1cc(C(=O)N(c2ccccc2)c2ccc(O)cc2)c2ccccc21. The number of nitrogens with one attached hydrogen (secondary N) is 1. The van der Waals surface area contributed by atoms with Gasteiger partial charge < -0.3 is 25.0 Å². The maximum Gasteiger partial charge on any atom is 0.404 e. The first-order valence-corrected chi connectivity index (χ1v) is 15.6. The molecule has 1 aromatic heterocycles. The van der Waals surface area contributed by atoms with Gasteiger partial charge >= 0.3 is 6.09 Å². The number of nitrogens with zero attached hydrogens (tertiary/aromatic N) is 3. The number of para-hydroxylation sites is 3. The summed E-state index contributed by atoms with van der Waals surface area (Å²) in [4.78, 5) is 43.8. The summed E-state index contributed by atoms with van der Waals surface area (Å²) < 4.78 is 1.87. The lowest BCUT2D eigenvalue weighted by Gasteiger charge is -2.37. The standard InChI is InChI=1S/C39H32N4O5/c44-31-20-18-29(19-21-31)43(28-12-2-1-3-13-28)38(46)34-25-42(35-16-8-6-14-32(34)35)36-17-9-7-15-33(36)37(45)41-24-27-11-5-4-10-26(27)22-30(41)23-40-39(47)48/h1-21,25,30,40,44H,22-24H2,(H,47,48)/t30-/m0/s1. The number of hydrogen-bond donors (Lipinski definition) is 3. The molecular formula is C39H32N4O5. The maximum atomic E-state index is 14.6. The molecule has 1 aliphatic rings. The van der Waals surface area contributed by atoms with E-state index < -0.39 is 6.09 Å². The van der Waals surface area contributed by atoms with Crippen LogP contribution in [-0.4, -0.2) is 50.2 Å². The molecule has 0 unspecified atom stereocenters. The van der Waals surface area contributed by atoms with Crippen molar-refractivity contribution in [2.75, 3.05) is 11.4 Å². The number of phenols is 1. The van der Waals surface area contributed by atoms with Crippen molar-refractivity contribution in [3.63, 3.8) is 0 Å². The molecule has 1 atom stereocenters. The van der Waals surface area contributed by atoms with Gasteiger partial charge in [0, 0.05) is 36.0 Å². The Morgan fingerprint density at radius 2 is 1.38 bits per heavy atom. The van der Waals surface area contributed by atoms with Crippen LogP contribution in [-0.2, 0) is 13.0 Å². The maximum absolute atomic E-state index is 14.6. The molecule has 0 bridgehead atoms. The third-order valence-corrected chi connectivity index (χ3v) is 8.77. The molecular weight excluding hydrogens is 604 g/mol. The molecule has 0 radical (unpaired) electrons. The number of carbonyl (C=O) groups is 3. The van der Waals surface area contributed by atoms with Crippen molar-refractivity contribution < 1.29 is 24.6 Å². The van der Waals surface area contributed by atoms with Gasteiger partial charge in [-0.2, -0.15) is 0 Å². The minimum atomic E-state index is -1.14. The molecule has 0 saturated carbocycles. The van der Waals surface area contributed by atoms with Gasteiger partial charge in [-0.15, -0.1) is 0 Å². The summed E-state index contributed by atoms with van der Waals surface area (Å²) in [5.74, 6) is -0.425. The quantitative estimate of drug-likeness (QED) is 0.172. The number of carbonyl (C=O) groups excluding carboxylic acids is 2. The lowest BCUT2D eigenvalue weighted by Crippen LogP contribution is -2.50. The van der Waals surface area contributed by atoms with E-state index >= 15 is 0 Å². The van der Waals surface area contributed by atoms with Gasteiger partial charge in [-0.3, -0.25) is 14.5 Å². The van der Waals surface area contributed by atoms with Crippen LogP contribution in [0.15, 0.2) is 134 Å². The van der Waals surface area contributed by atoms with Gasteiger partial charge in [0.1, 0.15) is 5.75 Å². The van der Waals surface area contributed by atoms with E-state index in [0.29, 0.717) is 46.5 Å². The zero-order valence-corrected chi connectivity index (χ0v) is 25.9. The smallest absolute Gasteiger partial charge is 0.404 e. The average Bonchev–Trinajstić information content (AvgIpc) is 3.51. The predicted octanol–water partition coefficient (Wildman–Crippen LogP) is 7.15. The largest absolute Gasteiger partial charge is 0.508 e. The normalized spacial score (nSPS) is 13.9. The number of phenolic OH excluding ortho intramolecular Hbond substituents is 1. The number of amides is 3. The van der Waals surface area contributed by atoms with Gasteiger partial charge in [-0.1, -0.05) is 72.8 Å². The second-order valence-electron chi connectivity index (χ2n) is 11.7. The molecule has 5 aromatic carbocycles. The van der Waals surface area contributed by atoms with Gasteiger partial charge in [0.2, 0.25) is 0 Å². The topological polar surface area (TPSA) is 115 Å². The minimum absolute atomic E-state index is 0.0925. The lowest BCUT2D eigenvalue weighted by atomic mass is 9.93. The van der Waals surface area contributed by atoms with Crippen molar-refractivity contribution in [2.24, 2.45) is 0 Å². The van der Waals surface area contributed by atoms with Crippen LogP contribution in [0.4, 0.5) is 16.2 Å². The van der Waals surface area contributed by atoms with Crippen molar-refractivity contribution in [2.45, 2.75) is 19.0 Å². The molecule has 1 aliphatic heterocycles. The van der Waals surface area contributed by atoms with E-state index in [1.54, 1.807) is 52.4 Å². The van der Waals surface area contributed by atoms with Crippen LogP contribution in [0.3, 0.4) is 0 Å². The Balaban J connectivity index is 1.32. The second kappa shape index (κ2) is 12.8. The number of benzene rings is 5. The third kappa shape index (κ3) is 5.73. The molecule has 9 nitrogen and oxygen atoms in total. The Morgan fingerprint density at radius 1 is 0.729 bits per heavy atom. The number of rotatable bonds is 7. The number of carboxylic acid groups (broad SMARTS) is 1. The van der Waals surface area contributed by atoms with E-state index in [9.17, 15) is 24.6 Å². The highest BCUT2D eigenvalue weighted by Gasteiger charge is 2.32. The first-order chi connectivity index (χ1) is 23.4. The Bertz CT molecular complexity index is 2140. The summed E-state index contributed by atoms with van der Waals surface area (Å²) in [6, 6.07) is 38.1. The van der Waals surface area contributed by atoms with Crippen LogP contribution in [0.2, 0.25) is 0 Å². The summed E-state index contributed by atoms with van der Waals surface area (Å²) >= 11 is 0. The van der Waals surface area contributed by atoms with Gasteiger partial charge in [0.25, 0.3) is 11.8 Å². The molecule has 2 heterocycles. The fourth-order valence-electron chi connectivity index (χ4n) is 6.46. The van der Waals surface area contributed by atoms with E-state index in [-0.39, 0.29) is 30.2 Å². The summed E-state index contributed by atoms with van der Waals surface area (Å²) in [5.41, 5.74) is 5.54. The highest BCUT2D eigenvalue weighted by molar-refractivity contribution is 6.17. The van der Waals surface area contributed by atoms with Crippen LogP contribution in [0.1, 0.15) is 31.8 Å². The van der Waals surface area contributed by atoms with Crippen LogP contribution >= 0.6 is 0 Å². The zero-order valence-electron chi connectivity index (χ0n) is 25.9. The van der Waals surface area contributed by atoms with Gasteiger partial charge in [0.05, 0.1) is 28.4 Å². The summed E-state index contributed by atoms with van der Waals surface area (Å²) in [7, 11) is 0. The van der Waals surface area contributed by atoms with Crippen LogP contribution in [0.25, 0.3) is 16.6 Å². The van der Waals surface area contributed by atoms with Crippen molar-refractivity contribution >= 4 is 40.2 Å². The number of anilines is 2. The molecule has 9 heteroatoms. The molecule has 0 fully saturated rings. The predicted molar refractivity (Wildman–Crippen MR) is 184 cm³/mol. The van der Waals surface area contributed by atoms with Gasteiger partial charge in [-0.05, 0) is 72.1 Å². The summed E-state index contributed by atoms with van der Waals surface area (Å²) in [5, 5.41) is 22.5. The Hall–Kier alpha value is -6.35. The fourth-order valence-corrected chi connectivity index (χ4v) is 6.46. The van der Waals surface area contributed by atoms with E-state index in [1.807, 2.05) is 95.6 Å². The van der Waals surface area contributed by atoms with E-state index in [4.69, 9.17) is 0 Å². The first kappa shape index (κ1) is 30.3. The molecule has 0 spiro atoms. The van der Waals surface area contributed by atoms with Crippen molar-refractivity contribution in [1.29, 1.82) is 0 Å². The van der Waals surface area contributed by atoms with E-state index in [2.05, 4.69) is 5.32 Å². The number of aromatic hydroxyl groups is 1. The molecule has 3 N–H and O–H groups in total. The second-order valence-corrected chi connectivity index (χ2v) is 11.7. The lowest BCUT2D eigenvalue weighted by molar-refractivity contribution is 0.0637. The molecule has 238 valence electrons. The molecule has 0 saturated heterocycles. The van der Waals surface area contributed by atoms with Gasteiger partial charge in [0.15, 0.2) is 0 Å². The van der Waals surface area contributed by atoms with Crippen molar-refractivity contribution in [1.82, 2.24) is 14.8 Å². The molecule has 0 aliphatic carbocycles. The zero-order chi connectivity index (χ0) is 33.2. The molecule has 6 aromatic rings. The van der Waals surface area contributed by atoms with Crippen LogP contribution in [0, 0.1) is 0 Å². The first-order valence-electron chi connectivity index (χ1n) is 15.6. The highest BCUT2D eigenvalue weighted by atomic mass is 16.4. The van der Waals surface area contributed by atoms with Crippen molar-refractivity contribution in [3.05, 3.63) is 156 Å². The summed E-state index contributed by atoms with van der Waals surface area (Å²) in [6.45, 7) is 0.430. The van der Waals surface area contributed by atoms with Gasteiger partial charge in [-0.25, -0.2) is 4.79 Å². The number of aromatic nitrogens is 1. The average molecular weight is 637 g/mol. The molecule has 3 amide bonds. The number of fused-ring (bicyclic) bond motifs is 2. The Kier molecular flexibility index (Phi) is 8.09. The monoisotopic (exact) mass is 636 g/mol. The van der Waals surface area contributed by atoms with Crippen LogP contribution in [0.5, 0.6) is 5.75 Å². The summed E-state index contributed by atoms with van der Waals surface area (Å²) in [6.07, 6.45) is 1.14. The minimum Gasteiger partial charge on any atom is -0.508 e. The molecule has 7 rings (SSSR count). The van der Waals surface area contributed by atoms with Crippen molar-refractivity contribution in [3.8, 4) is 11.4 Å². The third-order valence-electron chi connectivity index (χ3n) is 8.77. The van der Waals surface area contributed by atoms with E-state index in [1.165, 1.54) is 0 Å². The molecule has 48 heavy (non-hydrogen) atoms. The fraction of sp³-hybridized carbons (Fsp3) is 0.103. The highest BCUT2D eigenvalue weighted by Crippen LogP contribution is 2.34. The number of hydrogen-bond acceptors (Lipinski definition) is 4. The Morgan fingerprint density at radius 3 is 2.15 bits per heavy atom. The van der Waals surface area contributed by atoms with Crippen LogP contribution < -0.4 is 10.2 Å². The Labute approximate surface area is 276 Å².